The monoisotopic (exact) mass is 337 g/mol. The van der Waals surface area contributed by atoms with Crippen LogP contribution in [-0.2, 0) is 11.3 Å². The van der Waals surface area contributed by atoms with E-state index in [0.29, 0.717) is 22.5 Å². The van der Waals surface area contributed by atoms with Crippen LogP contribution < -0.4 is 10.3 Å². The minimum absolute atomic E-state index is 0.0717. The van der Waals surface area contributed by atoms with Crippen LogP contribution in [0.2, 0.25) is 0 Å². The maximum atomic E-state index is 12.2. The van der Waals surface area contributed by atoms with Crippen molar-refractivity contribution in [1.29, 1.82) is 0 Å². The predicted octanol–water partition coefficient (Wildman–Crippen LogP) is 2.27. The Morgan fingerprint density at radius 2 is 2.00 bits per heavy atom. The molecule has 0 saturated carbocycles. The van der Waals surface area contributed by atoms with Gasteiger partial charge in [-0.3, -0.25) is 9.59 Å². The number of likely N-dealkylation sites (N-methyl/N-ethyl adjacent to an activating group) is 1. The first-order valence-corrected chi connectivity index (χ1v) is 7.94. The average molecular weight is 337 g/mol. The predicted molar refractivity (Wildman–Crippen MR) is 95.5 cm³/mol. The van der Waals surface area contributed by atoms with Crippen LogP contribution >= 0.6 is 0 Å². The molecule has 25 heavy (non-hydrogen) atoms. The Kier molecular flexibility index (Phi) is 4.79. The smallest absolute Gasteiger partial charge is 0.260 e. The first kappa shape index (κ1) is 16.7. The van der Waals surface area contributed by atoms with Gasteiger partial charge in [-0.15, -0.1) is 0 Å². The molecule has 0 unspecified atom stereocenters. The number of rotatable bonds is 5. The van der Waals surface area contributed by atoms with E-state index < -0.39 is 0 Å². The fourth-order valence-electron chi connectivity index (χ4n) is 2.48. The van der Waals surface area contributed by atoms with Gasteiger partial charge in [-0.2, -0.15) is 0 Å². The standard InChI is InChI=1S/C19H19N3O3/c1-13-6-5-7-14(10-13)25-12-18(23)22(2)11-17-20-16-9-4-3-8-15(16)19(24)21-17/h3-10H,11-12H2,1-2H3,(H,20,21,24). The lowest BCUT2D eigenvalue weighted by atomic mass is 10.2. The van der Waals surface area contributed by atoms with Gasteiger partial charge in [0.15, 0.2) is 6.61 Å². The molecule has 0 radical (unpaired) electrons. The molecule has 6 nitrogen and oxygen atoms in total. The Labute approximate surface area is 145 Å². The minimum Gasteiger partial charge on any atom is -0.484 e. The van der Waals surface area contributed by atoms with Crippen molar-refractivity contribution in [1.82, 2.24) is 14.9 Å². The second-order valence-electron chi connectivity index (χ2n) is 5.88. The zero-order valence-corrected chi connectivity index (χ0v) is 14.2. The highest BCUT2D eigenvalue weighted by atomic mass is 16.5. The molecule has 1 N–H and O–H groups in total. The van der Waals surface area contributed by atoms with E-state index in [1.165, 1.54) is 4.90 Å². The highest BCUT2D eigenvalue weighted by molar-refractivity contribution is 5.78. The summed E-state index contributed by atoms with van der Waals surface area (Å²) in [4.78, 5) is 32.9. The molecule has 1 amide bonds. The lowest BCUT2D eigenvalue weighted by Crippen LogP contribution is -2.32. The lowest BCUT2D eigenvalue weighted by Gasteiger charge is -2.17. The quantitative estimate of drug-likeness (QED) is 0.775. The summed E-state index contributed by atoms with van der Waals surface area (Å²) in [5, 5.41) is 0.531. The van der Waals surface area contributed by atoms with Crippen LogP contribution in [0, 0.1) is 6.92 Å². The minimum atomic E-state index is -0.211. The van der Waals surface area contributed by atoms with E-state index in [-0.39, 0.29) is 24.6 Å². The van der Waals surface area contributed by atoms with Crippen molar-refractivity contribution in [3.05, 3.63) is 70.3 Å². The number of carbonyl (C=O) groups is 1. The van der Waals surface area contributed by atoms with Gasteiger partial charge in [0.05, 0.1) is 17.4 Å². The van der Waals surface area contributed by atoms with Crippen molar-refractivity contribution in [2.45, 2.75) is 13.5 Å². The molecule has 0 spiro atoms. The van der Waals surface area contributed by atoms with E-state index in [1.807, 2.05) is 37.3 Å². The fraction of sp³-hybridized carbons (Fsp3) is 0.211. The number of nitrogens with zero attached hydrogens (tertiary/aromatic N) is 2. The molecule has 6 heteroatoms. The van der Waals surface area contributed by atoms with E-state index in [9.17, 15) is 9.59 Å². The molecule has 0 aliphatic heterocycles. The highest BCUT2D eigenvalue weighted by Crippen LogP contribution is 2.12. The molecule has 3 rings (SSSR count). The summed E-state index contributed by atoms with van der Waals surface area (Å²) in [6, 6.07) is 14.6. The summed E-state index contributed by atoms with van der Waals surface area (Å²) in [5.74, 6) is 0.895. The summed E-state index contributed by atoms with van der Waals surface area (Å²) in [6.07, 6.45) is 0. The third-order valence-corrected chi connectivity index (χ3v) is 3.83. The maximum Gasteiger partial charge on any atom is 0.260 e. The number of fused-ring (bicyclic) bond motifs is 1. The molecular weight excluding hydrogens is 318 g/mol. The molecular formula is C19H19N3O3. The van der Waals surface area contributed by atoms with Gasteiger partial charge in [0.2, 0.25) is 0 Å². The number of aryl methyl sites for hydroxylation is 1. The Balaban J connectivity index is 1.66. The largest absolute Gasteiger partial charge is 0.484 e. The fourth-order valence-corrected chi connectivity index (χ4v) is 2.48. The third-order valence-electron chi connectivity index (χ3n) is 3.83. The van der Waals surface area contributed by atoms with Crippen molar-refractivity contribution in [2.24, 2.45) is 0 Å². The Morgan fingerprint density at radius 3 is 2.80 bits per heavy atom. The van der Waals surface area contributed by atoms with Crippen molar-refractivity contribution in [2.75, 3.05) is 13.7 Å². The van der Waals surface area contributed by atoms with Gasteiger partial charge in [0.25, 0.3) is 11.5 Å². The third kappa shape index (κ3) is 4.03. The topological polar surface area (TPSA) is 75.3 Å². The van der Waals surface area contributed by atoms with Gasteiger partial charge in [-0.05, 0) is 36.8 Å². The molecule has 128 valence electrons. The van der Waals surface area contributed by atoms with Crippen LogP contribution in [0.4, 0.5) is 0 Å². The first-order valence-electron chi connectivity index (χ1n) is 7.94. The Morgan fingerprint density at radius 1 is 1.20 bits per heavy atom. The number of hydrogen-bond donors (Lipinski definition) is 1. The SMILES string of the molecule is Cc1cccc(OCC(=O)N(C)Cc2nc3ccccc3c(=O)[nH]2)c1. The zero-order valence-electron chi connectivity index (χ0n) is 14.2. The van der Waals surface area contributed by atoms with Crippen LogP contribution in [0.15, 0.2) is 53.3 Å². The molecule has 2 aromatic carbocycles. The summed E-state index contributed by atoms with van der Waals surface area (Å²) in [5.41, 5.74) is 1.46. The summed E-state index contributed by atoms with van der Waals surface area (Å²) >= 11 is 0. The van der Waals surface area contributed by atoms with Crippen molar-refractivity contribution >= 4 is 16.8 Å². The van der Waals surface area contributed by atoms with Gasteiger partial charge >= 0.3 is 0 Å². The van der Waals surface area contributed by atoms with E-state index in [1.54, 1.807) is 25.2 Å². The molecule has 0 atom stereocenters. The molecule has 0 bridgehead atoms. The number of nitrogens with one attached hydrogen (secondary N) is 1. The van der Waals surface area contributed by atoms with Gasteiger partial charge in [0, 0.05) is 7.05 Å². The average Bonchev–Trinajstić information content (AvgIpc) is 2.60. The van der Waals surface area contributed by atoms with Crippen LogP contribution in [-0.4, -0.2) is 34.4 Å². The molecule has 0 saturated heterocycles. The number of aromatic nitrogens is 2. The summed E-state index contributed by atoms with van der Waals surface area (Å²) in [7, 11) is 1.65. The normalized spacial score (nSPS) is 10.6. The number of amides is 1. The van der Waals surface area contributed by atoms with Crippen LogP contribution in [0.3, 0.4) is 0 Å². The van der Waals surface area contributed by atoms with E-state index in [4.69, 9.17) is 4.74 Å². The number of ether oxygens (including phenoxy) is 1. The number of benzene rings is 2. The molecule has 1 aromatic heterocycles. The Hall–Kier alpha value is -3.15. The van der Waals surface area contributed by atoms with Crippen molar-refractivity contribution in [3.63, 3.8) is 0 Å². The van der Waals surface area contributed by atoms with Crippen LogP contribution in [0.25, 0.3) is 10.9 Å². The zero-order chi connectivity index (χ0) is 17.8. The molecule has 0 fully saturated rings. The molecule has 3 aromatic rings. The van der Waals surface area contributed by atoms with Crippen molar-refractivity contribution in [3.8, 4) is 5.75 Å². The van der Waals surface area contributed by atoms with Crippen LogP contribution in [0.1, 0.15) is 11.4 Å². The van der Waals surface area contributed by atoms with E-state index >= 15 is 0 Å². The second kappa shape index (κ2) is 7.17. The Bertz CT molecular complexity index is 965. The van der Waals surface area contributed by atoms with E-state index in [0.717, 1.165) is 5.56 Å². The molecule has 0 aliphatic carbocycles. The van der Waals surface area contributed by atoms with Gasteiger partial charge in [-0.25, -0.2) is 4.98 Å². The first-order chi connectivity index (χ1) is 12.0. The molecule has 0 aliphatic rings. The number of hydrogen-bond acceptors (Lipinski definition) is 4. The number of H-pyrrole nitrogens is 1. The number of carbonyl (C=O) groups excluding carboxylic acids is 1. The van der Waals surface area contributed by atoms with Gasteiger partial charge in [-0.1, -0.05) is 24.3 Å². The summed E-state index contributed by atoms with van der Waals surface area (Å²) < 4.78 is 5.52. The highest BCUT2D eigenvalue weighted by Gasteiger charge is 2.12. The van der Waals surface area contributed by atoms with E-state index in [2.05, 4.69) is 9.97 Å². The number of para-hydroxylation sites is 1. The van der Waals surface area contributed by atoms with Crippen LogP contribution in [0.5, 0.6) is 5.75 Å². The maximum absolute atomic E-state index is 12.2. The lowest BCUT2D eigenvalue weighted by molar-refractivity contribution is -0.132. The van der Waals surface area contributed by atoms with Gasteiger partial charge < -0.3 is 14.6 Å². The number of aromatic amines is 1. The van der Waals surface area contributed by atoms with Gasteiger partial charge in [0.1, 0.15) is 11.6 Å². The molecule has 1 heterocycles. The second-order valence-corrected chi connectivity index (χ2v) is 5.88. The summed E-state index contributed by atoms with van der Waals surface area (Å²) in [6.45, 7) is 2.09. The van der Waals surface area contributed by atoms with Crippen molar-refractivity contribution < 1.29 is 9.53 Å².